The van der Waals surface area contributed by atoms with Crippen molar-refractivity contribution < 1.29 is 0 Å². The van der Waals surface area contributed by atoms with Crippen LogP contribution in [0.2, 0.25) is 5.02 Å². The van der Waals surface area contributed by atoms with Gasteiger partial charge in [0.1, 0.15) is 0 Å². The van der Waals surface area contributed by atoms with Gasteiger partial charge in [0.2, 0.25) is 0 Å². The molecule has 2 aromatic rings. The van der Waals surface area contributed by atoms with E-state index in [1.807, 2.05) is 12.1 Å². The number of halogens is 1. The summed E-state index contributed by atoms with van der Waals surface area (Å²) in [4.78, 5) is 0. The number of hydrogen-bond acceptors (Lipinski definition) is 0. The molecule has 2 heteroatoms. The number of nitrogens with zero attached hydrogens (tertiary/aromatic N) is 1. The minimum Gasteiger partial charge on any atom is -0.346 e. The summed E-state index contributed by atoms with van der Waals surface area (Å²) in [7, 11) is 2.06. The molecule has 0 unspecified atom stereocenters. The van der Waals surface area contributed by atoms with Gasteiger partial charge in [0.15, 0.2) is 0 Å². The highest BCUT2D eigenvalue weighted by Gasteiger charge is 2.06. The molecule has 0 atom stereocenters. The predicted molar refractivity (Wildman–Crippen MR) is 57.3 cm³/mol. The van der Waals surface area contributed by atoms with Crippen molar-refractivity contribution in [1.29, 1.82) is 0 Å². The maximum absolute atomic E-state index is 6.11. The van der Waals surface area contributed by atoms with Gasteiger partial charge in [-0.3, -0.25) is 0 Å². The largest absolute Gasteiger partial charge is 0.346 e. The third-order valence-corrected chi connectivity index (χ3v) is 2.77. The van der Waals surface area contributed by atoms with E-state index in [1.54, 1.807) is 0 Å². The molecule has 0 bridgehead atoms. The van der Waals surface area contributed by atoms with Crippen molar-refractivity contribution in [3.8, 4) is 0 Å². The Hall–Kier alpha value is -0.950. The molecular formula is C11H12ClN. The van der Waals surface area contributed by atoms with E-state index in [4.69, 9.17) is 11.6 Å². The van der Waals surface area contributed by atoms with Gasteiger partial charge in [-0.2, -0.15) is 0 Å². The first kappa shape index (κ1) is 8.64. The van der Waals surface area contributed by atoms with Crippen LogP contribution in [0.4, 0.5) is 0 Å². The van der Waals surface area contributed by atoms with Crippen LogP contribution in [0, 0.1) is 0 Å². The average Bonchev–Trinajstić information content (AvgIpc) is 2.44. The standard InChI is InChI=1S/C11H12ClN/c1-3-9-7-8-5-4-6-10(12)11(8)13(9)2/h4-7H,3H2,1-2H3. The van der Waals surface area contributed by atoms with E-state index in [9.17, 15) is 0 Å². The Balaban J connectivity index is 2.85. The SMILES string of the molecule is CCc1cc2cccc(Cl)c2n1C. The van der Waals surface area contributed by atoms with E-state index in [0.29, 0.717) is 0 Å². The maximum atomic E-state index is 6.11. The molecule has 0 saturated carbocycles. The monoisotopic (exact) mass is 193 g/mol. The summed E-state index contributed by atoms with van der Waals surface area (Å²) in [6.07, 6.45) is 1.04. The van der Waals surface area contributed by atoms with Gasteiger partial charge in [-0.15, -0.1) is 0 Å². The Bertz CT molecular complexity index is 443. The number of fused-ring (bicyclic) bond motifs is 1. The summed E-state index contributed by atoms with van der Waals surface area (Å²) in [6.45, 7) is 2.15. The van der Waals surface area contributed by atoms with Crippen LogP contribution in [0.1, 0.15) is 12.6 Å². The zero-order valence-electron chi connectivity index (χ0n) is 7.84. The van der Waals surface area contributed by atoms with Crippen LogP contribution in [0.5, 0.6) is 0 Å². The second-order valence-corrected chi connectivity index (χ2v) is 3.63. The Kier molecular flexibility index (Phi) is 2.04. The second kappa shape index (κ2) is 3.08. The number of benzene rings is 1. The molecule has 0 spiro atoms. The Morgan fingerprint density at radius 1 is 1.38 bits per heavy atom. The van der Waals surface area contributed by atoms with Crippen LogP contribution < -0.4 is 0 Å². The molecule has 0 radical (unpaired) electrons. The lowest BCUT2D eigenvalue weighted by atomic mass is 10.2. The molecule has 13 heavy (non-hydrogen) atoms. The van der Waals surface area contributed by atoms with Gasteiger partial charge in [-0.25, -0.2) is 0 Å². The zero-order chi connectivity index (χ0) is 9.42. The van der Waals surface area contributed by atoms with E-state index in [-0.39, 0.29) is 0 Å². The smallest absolute Gasteiger partial charge is 0.0669 e. The summed E-state index contributed by atoms with van der Waals surface area (Å²) >= 11 is 6.11. The summed E-state index contributed by atoms with van der Waals surface area (Å²) in [6, 6.07) is 8.22. The van der Waals surface area contributed by atoms with Gasteiger partial charge in [-0.05, 0) is 18.6 Å². The van der Waals surface area contributed by atoms with Crippen LogP contribution >= 0.6 is 11.6 Å². The van der Waals surface area contributed by atoms with Crippen LogP contribution in [-0.4, -0.2) is 4.57 Å². The van der Waals surface area contributed by atoms with E-state index in [0.717, 1.165) is 17.0 Å². The highest BCUT2D eigenvalue weighted by molar-refractivity contribution is 6.35. The molecule has 0 saturated heterocycles. The Morgan fingerprint density at radius 2 is 2.15 bits per heavy atom. The topological polar surface area (TPSA) is 4.93 Å². The van der Waals surface area contributed by atoms with Crippen molar-refractivity contribution in [2.45, 2.75) is 13.3 Å². The summed E-state index contributed by atoms with van der Waals surface area (Å²) in [5.41, 5.74) is 2.46. The average molecular weight is 194 g/mol. The van der Waals surface area contributed by atoms with Gasteiger partial charge < -0.3 is 4.57 Å². The van der Waals surface area contributed by atoms with Crippen LogP contribution in [0.25, 0.3) is 10.9 Å². The number of aromatic nitrogens is 1. The van der Waals surface area contributed by atoms with Gasteiger partial charge in [0.05, 0.1) is 10.5 Å². The predicted octanol–water partition coefficient (Wildman–Crippen LogP) is 3.39. The maximum Gasteiger partial charge on any atom is 0.0669 e. The van der Waals surface area contributed by atoms with Crippen LogP contribution in [0.15, 0.2) is 24.3 Å². The molecule has 0 N–H and O–H groups in total. The number of hydrogen-bond donors (Lipinski definition) is 0. The molecule has 0 aliphatic rings. The van der Waals surface area contributed by atoms with Gasteiger partial charge in [-0.1, -0.05) is 30.7 Å². The second-order valence-electron chi connectivity index (χ2n) is 3.23. The number of rotatable bonds is 1. The summed E-state index contributed by atoms with van der Waals surface area (Å²) in [5.74, 6) is 0. The zero-order valence-corrected chi connectivity index (χ0v) is 8.60. The highest BCUT2D eigenvalue weighted by atomic mass is 35.5. The Labute approximate surface area is 82.9 Å². The first-order valence-electron chi connectivity index (χ1n) is 4.47. The molecule has 1 nitrogen and oxygen atoms in total. The number of para-hydroxylation sites is 1. The van der Waals surface area contributed by atoms with Gasteiger partial charge in [0, 0.05) is 18.1 Å². The molecule has 0 fully saturated rings. The highest BCUT2D eigenvalue weighted by Crippen LogP contribution is 2.25. The third-order valence-electron chi connectivity index (χ3n) is 2.47. The molecule has 68 valence electrons. The molecule has 1 aromatic carbocycles. The van der Waals surface area contributed by atoms with Crippen molar-refractivity contribution in [2.75, 3.05) is 0 Å². The molecular weight excluding hydrogens is 182 g/mol. The first-order valence-corrected chi connectivity index (χ1v) is 4.84. The van der Waals surface area contributed by atoms with Crippen LogP contribution in [0.3, 0.4) is 0 Å². The van der Waals surface area contributed by atoms with Crippen molar-refractivity contribution in [1.82, 2.24) is 4.57 Å². The first-order chi connectivity index (χ1) is 6.24. The summed E-state index contributed by atoms with van der Waals surface area (Å²) < 4.78 is 2.16. The molecule has 1 aromatic heterocycles. The fourth-order valence-electron chi connectivity index (χ4n) is 1.76. The Morgan fingerprint density at radius 3 is 2.77 bits per heavy atom. The molecule has 2 rings (SSSR count). The lowest BCUT2D eigenvalue weighted by Gasteiger charge is -2.01. The van der Waals surface area contributed by atoms with E-state index in [1.165, 1.54) is 11.1 Å². The lowest BCUT2D eigenvalue weighted by Crippen LogP contribution is -1.93. The molecule has 0 aliphatic heterocycles. The van der Waals surface area contributed by atoms with Crippen molar-refractivity contribution in [2.24, 2.45) is 7.05 Å². The minimum atomic E-state index is 0.833. The van der Waals surface area contributed by atoms with Crippen LogP contribution in [-0.2, 0) is 13.5 Å². The van der Waals surface area contributed by atoms with Gasteiger partial charge in [0.25, 0.3) is 0 Å². The number of aryl methyl sites for hydroxylation is 2. The van der Waals surface area contributed by atoms with E-state index >= 15 is 0 Å². The van der Waals surface area contributed by atoms with Crippen molar-refractivity contribution >= 4 is 22.5 Å². The molecule has 1 heterocycles. The third kappa shape index (κ3) is 1.24. The van der Waals surface area contributed by atoms with Crippen molar-refractivity contribution in [3.63, 3.8) is 0 Å². The molecule has 0 aliphatic carbocycles. The fourth-order valence-corrected chi connectivity index (χ4v) is 2.07. The lowest BCUT2D eigenvalue weighted by molar-refractivity contribution is 0.866. The fraction of sp³-hybridized carbons (Fsp3) is 0.273. The van der Waals surface area contributed by atoms with Gasteiger partial charge >= 0.3 is 0 Å². The van der Waals surface area contributed by atoms with E-state index in [2.05, 4.69) is 30.7 Å². The van der Waals surface area contributed by atoms with E-state index < -0.39 is 0 Å². The normalized spacial score (nSPS) is 11.0. The minimum absolute atomic E-state index is 0.833. The summed E-state index contributed by atoms with van der Waals surface area (Å²) in [5, 5.41) is 2.06. The van der Waals surface area contributed by atoms with Crippen molar-refractivity contribution in [3.05, 3.63) is 35.0 Å². The molecule has 0 amide bonds. The quantitative estimate of drug-likeness (QED) is 0.654.